The fraction of sp³-hybridized carbons (Fsp3) is 0.933. The van der Waals surface area contributed by atoms with Gasteiger partial charge < -0.3 is 29.6 Å². The first kappa shape index (κ1) is 18.4. The third-order valence-corrected chi connectivity index (χ3v) is 3.80. The largest absolute Gasteiger partial charge is 0.550 e. The van der Waals surface area contributed by atoms with Gasteiger partial charge in [0.15, 0.2) is 6.29 Å². The van der Waals surface area contributed by atoms with Gasteiger partial charge in [-0.1, -0.05) is 19.3 Å². The first-order chi connectivity index (χ1) is 9.90. The molecule has 0 aromatic rings. The molecule has 0 saturated carbocycles. The number of carbonyl (C=O) groups is 1. The number of carbonyl (C=O) groups excluding carboxylic acids is 1. The van der Waals surface area contributed by atoms with E-state index >= 15 is 0 Å². The van der Waals surface area contributed by atoms with Crippen LogP contribution in [0.25, 0.3) is 0 Å². The molecule has 1 heterocycles. The van der Waals surface area contributed by atoms with E-state index in [9.17, 15) is 20.1 Å². The third kappa shape index (κ3) is 7.22. The zero-order valence-electron chi connectivity index (χ0n) is 12.9. The summed E-state index contributed by atoms with van der Waals surface area (Å²) in [6.45, 7) is 3.68. The number of rotatable bonds is 9. The topological polar surface area (TPSA) is 99.1 Å². The second-order valence-corrected chi connectivity index (χ2v) is 5.85. The maximum Gasteiger partial charge on any atom is 0.184 e. The molecule has 0 radical (unpaired) electrons. The normalized spacial score (nSPS) is 31.0. The van der Waals surface area contributed by atoms with Gasteiger partial charge in [-0.25, -0.2) is 0 Å². The number of carboxylic acid groups (broad SMARTS) is 1. The molecule has 0 aromatic carbocycles. The molecule has 5 atom stereocenters. The Balaban J connectivity index is 2.12. The van der Waals surface area contributed by atoms with E-state index in [-0.39, 0.29) is 25.0 Å². The van der Waals surface area contributed by atoms with E-state index in [0.29, 0.717) is 6.42 Å². The van der Waals surface area contributed by atoms with Gasteiger partial charge in [-0.05, 0) is 33.1 Å². The summed E-state index contributed by atoms with van der Waals surface area (Å²) in [5.74, 6) is -0.994. The Morgan fingerprint density at radius 1 is 1.29 bits per heavy atom. The van der Waals surface area contributed by atoms with E-state index in [1.165, 1.54) is 0 Å². The Morgan fingerprint density at radius 2 is 1.95 bits per heavy atom. The van der Waals surface area contributed by atoms with Crippen molar-refractivity contribution >= 4 is 5.97 Å². The molecular formula is C15H27O6-. The van der Waals surface area contributed by atoms with Crippen molar-refractivity contribution in [3.63, 3.8) is 0 Å². The summed E-state index contributed by atoms with van der Waals surface area (Å²) < 4.78 is 11.1. The van der Waals surface area contributed by atoms with E-state index in [1.54, 1.807) is 6.92 Å². The predicted octanol–water partition coefficient (Wildman–Crippen LogP) is 0.339. The van der Waals surface area contributed by atoms with Crippen molar-refractivity contribution in [2.24, 2.45) is 0 Å². The summed E-state index contributed by atoms with van der Waals surface area (Å²) in [6.07, 6.45) is 2.09. The van der Waals surface area contributed by atoms with E-state index in [0.717, 1.165) is 25.7 Å². The number of aliphatic hydroxyl groups excluding tert-OH is 2. The summed E-state index contributed by atoms with van der Waals surface area (Å²) in [6, 6.07) is 0. The van der Waals surface area contributed by atoms with Gasteiger partial charge in [0.1, 0.15) is 6.10 Å². The summed E-state index contributed by atoms with van der Waals surface area (Å²) in [7, 11) is 0. The Labute approximate surface area is 126 Å². The van der Waals surface area contributed by atoms with Crippen LogP contribution in [-0.4, -0.2) is 46.9 Å². The molecule has 1 saturated heterocycles. The van der Waals surface area contributed by atoms with Crippen LogP contribution in [0.3, 0.4) is 0 Å². The monoisotopic (exact) mass is 303 g/mol. The van der Waals surface area contributed by atoms with Gasteiger partial charge >= 0.3 is 0 Å². The molecule has 6 nitrogen and oxygen atoms in total. The SMILES string of the molecule is C[C@H](CCCCCCC(=O)[O-])O[C@@H]1O[C@@H](C)[C@H](O)C[C@H]1O. The molecule has 21 heavy (non-hydrogen) atoms. The second kappa shape index (κ2) is 9.35. The number of aliphatic hydroxyl groups is 2. The number of unbranched alkanes of at least 4 members (excludes halogenated alkanes) is 3. The average Bonchev–Trinajstić information content (AvgIpc) is 2.39. The molecule has 0 aromatic heterocycles. The highest BCUT2D eigenvalue weighted by Gasteiger charge is 2.35. The lowest BCUT2D eigenvalue weighted by atomic mass is 10.0. The number of hydrogen-bond donors (Lipinski definition) is 2. The van der Waals surface area contributed by atoms with E-state index in [2.05, 4.69) is 0 Å². The van der Waals surface area contributed by atoms with Crippen molar-refractivity contribution in [1.82, 2.24) is 0 Å². The van der Waals surface area contributed by atoms with E-state index < -0.39 is 24.5 Å². The lowest BCUT2D eigenvalue weighted by molar-refractivity contribution is -0.305. The Kier molecular flexibility index (Phi) is 8.18. The zero-order chi connectivity index (χ0) is 15.8. The minimum Gasteiger partial charge on any atom is -0.550 e. The maximum absolute atomic E-state index is 10.3. The fourth-order valence-electron chi connectivity index (χ4n) is 2.42. The highest BCUT2D eigenvalue weighted by Crippen LogP contribution is 2.23. The predicted molar refractivity (Wildman–Crippen MR) is 74.2 cm³/mol. The Bertz CT molecular complexity index is 309. The van der Waals surface area contributed by atoms with Crippen LogP contribution in [0, 0.1) is 0 Å². The number of hydrogen-bond acceptors (Lipinski definition) is 6. The lowest BCUT2D eigenvalue weighted by Gasteiger charge is -2.36. The summed E-state index contributed by atoms with van der Waals surface area (Å²) in [5.41, 5.74) is 0. The fourth-order valence-corrected chi connectivity index (χ4v) is 2.42. The molecule has 1 aliphatic rings. The minimum absolute atomic E-state index is 0.0479. The molecule has 0 amide bonds. The summed E-state index contributed by atoms with van der Waals surface area (Å²) in [5, 5.41) is 29.7. The Hall–Kier alpha value is -0.690. The van der Waals surface area contributed by atoms with Gasteiger partial charge in [0.25, 0.3) is 0 Å². The van der Waals surface area contributed by atoms with E-state index in [4.69, 9.17) is 9.47 Å². The zero-order valence-corrected chi connectivity index (χ0v) is 12.9. The van der Waals surface area contributed by atoms with Gasteiger partial charge in [0.05, 0.1) is 18.3 Å². The van der Waals surface area contributed by atoms with Crippen LogP contribution in [-0.2, 0) is 14.3 Å². The molecule has 0 spiro atoms. The van der Waals surface area contributed by atoms with Gasteiger partial charge in [0.2, 0.25) is 0 Å². The highest BCUT2D eigenvalue weighted by molar-refractivity contribution is 5.63. The molecular weight excluding hydrogens is 276 g/mol. The first-order valence-corrected chi connectivity index (χ1v) is 7.77. The quantitative estimate of drug-likeness (QED) is 0.596. The molecule has 2 N–H and O–H groups in total. The van der Waals surface area contributed by atoms with Crippen LogP contribution >= 0.6 is 0 Å². The number of aliphatic carboxylic acids is 1. The van der Waals surface area contributed by atoms with Crippen molar-refractivity contribution in [2.45, 2.75) is 89.5 Å². The summed E-state index contributed by atoms with van der Waals surface area (Å²) >= 11 is 0. The lowest BCUT2D eigenvalue weighted by Crippen LogP contribution is -2.48. The Morgan fingerprint density at radius 3 is 2.62 bits per heavy atom. The molecule has 0 aliphatic carbocycles. The first-order valence-electron chi connectivity index (χ1n) is 7.77. The van der Waals surface area contributed by atoms with Crippen molar-refractivity contribution in [3.8, 4) is 0 Å². The highest BCUT2D eigenvalue weighted by atomic mass is 16.7. The molecule has 1 rings (SSSR count). The standard InChI is InChI=1S/C15H28O6/c1-10(7-5-3-4-6-8-14(18)19)20-15-13(17)9-12(16)11(2)21-15/h10-13,15-17H,3-9H2,1-2H3,(H,18,19)/p-1/t10-,11+,12-,13-,15-/m1/s1. The van der Waals surface area contributed by atoms with Crippen molar-refractivity contribution in [2.75, 3.05) is 0 Å². The smallest absolute Gasteiger partial charge is 0.184 e. The maximum atomic E-state index is 10.3. The van der Waals surface area contributed by atoms with E-state index in [1.807, 2.05) is 6.92 Å². The number of carboxylic acids is 1. The molecule has 1 fully saturated rings. The molecule has 6 heteroatoms. The van der Waals surface area contributed by atoms with Crippen LogP contribution in [0.2, 0.25) is 0 Å². The summed E-state index contributed by atoms with van der Waals surface area (Å²) in [4.78, 5) is 10.3. The number of ether oxygens (including phenoxy) is 2. The van der Waals surface area contributed by atoms with Crippen LogP contribution in [0.15, 0.2) is 0 Å². The van der Waals surface area contributed by atoms with Crippen molar-refractivity contribution in [1.29, 1.82) is 0 Å². The third-order valence-electron chi connectivity index (χ3n) is 3.80. The van der Waals surface area contributed by atoms with Gasteiger partial charge in [-0.2, -0.15) is 0 Å². The van der Waals surface area contributed by atoms with Gasteiger partial charge in [-0.15, -0.1) is 0 Å². The molecule has 0 unspecified atom stereocenters. The van der Waals surface area contributed by atoms with Crippen LogP contribution in [0.5, 0.6) is 0 Å². The molecule has 0 bridgehead atoms. The minimum atomic E-state index is -0.994. The van der Waals surface area contributed by atoms with Crippen LogP contribution in [0.1, 0.15) is 58.8 Å². The average molecular weight is 303 g/mol. The molecule has 124 valence electrons. The molecule has 1 aliphatic heterocycles. The van der Waals surface area contributed by atoms with Crippen molar-refractivity contribution < 1.29 is 29.6 Å². The van der Waals surface area contributed by atoms with Crippen molar-refractivity contribution in [3.05, 3.63) is 0 Å². The second-order valence-electron chi connectivity index (χ2n) is 5.85. The van der Waals surface area contributed by atoms with Crippen LogP contribution < -0.4 is 5.11 Å². The van der Waals surface area contributed by atoms with Gasteiger partial charge in [0, 0.05) is 12.4 Å². The van der Waals surface area contributed by atoms with Gasteiger partial charge in [-0.3, -0.25) is 0 Å². The van der Waals surface area contributed by atoms with Crippen LogP contribution in [0.4, 0.5) is 0 Å².